The first-order valence-electron chi connectivity index (χ1n) is 18.5. The molecule has 4 heterocycles. The summed E-state index contributed by atoms with van der Waals surface area (Å²) in [7, 11) is 0. The van der Waals surface area contributed by atoms with Crippen molar-refractivity contribution in [2.45, 2.75) is 0 Å². The van der Waals surface area contributed by atoms with E-state index in [1.165, 1.54) is 0 Å². The minimum absolute atomic E-state index is 0.639. The molecule has 11 rings (SSSR count). The van der Waals surface area contributed by atoms with Gasteiger partial charge in [-0.15, -0.1) is 0 Å². The molecule has 56 heavy (non-hydrogen) atoms. The summed E-state index contributed by atoms with van der Waals surface area (Å²) in [6.45, 7) is 0. The molecule has 0 aliphatic rings. The second-order valence-corrected chi connectivity index (χ2v) is 13.9. The van der Waals surface area contributed by atoms with Crippen LogP contribution in [0.3, 0.4) is 0 Å². The minimum Gasteiger partial charge on any atom is -0.456 e. The van der Waals surface area contributed by atoms with Crippen LogP contribution >= 0.6 is 0 Å². The number of rotatable bonds is 6. The Morgan fingerprint density at radius 1 is 0.321 bits per heavy atom. The number of furan rings is 2. The van der Waals surface area contributed by atoms with Crippen LogP contribution in [0.1, 0.15) is 0 Å². The molecule has 4 aromatic heterocycles. The van der Waals surface area contributed by atoms with Crippen molar-refractivity contribution in [1.29, 1.82) is 0 Å². The molecule has 262 valence electrons. The third-order valence-corrected chi connectivity index (χ3v) is 10.5. The second-order valence-electron chi connectivity index (χ2n) is 13.9. The van der Waals surface area contributed by atoms with E-state index >= 15 is 0 Å². The average Bonchev–Trinajstić information content (AvgIpc) is 3.84. The van der Waals surface area contributed by atoms with Gasteiger partial charge in [-0.25, -0.2) is 19.9 Å². The van der Waals surface area contributed by atoms with Gasteiger partial charge in [-0.05, 0) is 89.0 Å². The van der Waals surface area contributed by atoms with Crippen molar-refractivity contribution < 1.29 is 8.83 Å². The number of benzene rings is 7. The van der Waals surface area contributed by atoms with E-state index in [1.807, 2.05) is 48.5 Å². The van der Waals surface area contributed by atoms with Crippen molar-refractivity contribution in [2.75, 3.05) is 0 Å². The number of hydrogen-bond donors (Lipinski definition) is 0. The van der Waals surface area contributed by atoms with Gasteiger partial charge in [0.25, 0.3) is 0 Å². The molecule has 0 spiro atoms. The topological polar surface area (TPSA) is 77.8 Å². The van der Waals surface area contributed by atoms with Gasteiger partial charge in [0.15, 0.2) is 5.82 Å². The summed E-state index contributed by atoms with van der Waals surface area (Å²) in [5.41, 5.74) is 14.2. The number of para-hydroxylation sites is 2. The van der Waals surface area contributed by atoms with Crippen LogP contribution in [0.15, 0.2) is 191 Å². The van der Waals surface area contributed by atoms with Gasteiger partial charge in [-0.2, -0.15) is 0 Å². The third-order valence-electron chi connectivity index (χ3n) is 10.5. The maximum atomic E-state index is 6.21. The van der Waals surface area contributed by atoms with E-state index in [4.69, 9.17) is 18.8 Å². The van der Waals surface area contributed by atoms with Crippen LogP contribution in [0.5, 0.6) is 0 Å². The lowest BCUT2D eigenvalue weighted by Gasteiger charge is -2.13. The van der Waals surface area contributed by atoms with Crippen LogP contribution in [-0.2, 0) is 0 Å². The summed E-state index contributed by atoms with van der Waals surface area (Å²) < 4.78 is 12.4. The summed E-state index contributed by atoms with van der Waals surface area (Å²) in [5, 5.41) is 4.35. The van der Waals surface area contributed by atoms with Crippen LogP contribution in [0, 0.1) is 0 Å². The molecular formula is C50H30N4O2. The first-order chi connectivity index (χ1) is 27.7. The summed E-state index contributed by atoms with van der Waals surface area (Å²) in [4.78, 5) is 18.9. The zero-order valence-corrected chi connectivity index (χ0v) is 29.9. The lowest BCUT2D eigenvalue weighted by molar-refractivity contribution is 0.668. The Labute approximate surface area is 321 Å². The van der Waals surface area contributed by atoms with Gasteiger partial charge >= 0.3 is 0 Å². The minimum atomic E-state index is 0.639. The highest BCUT2D eigenvalue weighted by Gasteiger charge is 2.16. The van der Waals surface area contributed by atoms with Crippen molar-refractivity contribution >= 4 is 43.9 Å². The summed E-state index contributed by atoms with van der Waals surface area (Å²) in [6, 6.07) is 58.5. The molecule has 0 aliphatic carbocycles. The zero-order valence-electron chi connectivity index (χ0n) is 29.9. The maximum absolute atomic E-state index is 6.21. The third kappa shape index (κ3) is 5.60. The molecule has 0 fully saturated rings. The molecule has 6 nitrogen and oxygen atoms in total. The first kappa shape index (κ1) is 31.8. The molecule has 0 radical (unpaired) electrons. The van der Waals surface area contributed by atoms with Crippen LogP contribution in [-0.4, -0.2) is 19.9 Å². The molecule has 0 amide bonds. The van der Waals surface area contributed by atoms with Crippen molar-refractivity contribution in [1.82, 2.24) is 19.9 Å². The molecule has 7 aromatic carbocycles. The van der Waals surface area contributed by atoms with Crippen LogP contribution in [0.2, 0.25) is 0 Å². The monoisotopic (exact) mass is 718 g/mol. The highest BCUT2D eigenvalue weighted by atomic mass is 16.3. The Hall–Kier alpha value is -7.70. The molecule has 11 aromatic rings. The SMILES string of the molecule is c1ccc(-c2cc(-c3cc(-c4ccc5oc6ccccc6c5c4)cc(-c4ccc5oc6ccccc6c5c4)c3)nc(-c3ccc(-c4ccncn4)cc3)n2)cc1. The molecule has 0 unspecified atom stereocenters. The van der Waals surface area contributed by atoms with Crippen molar-refractivity contribution in [3.8, 4) is 67.4 Å². The van der Waals surface area contributed by atoms with E-state index in [0.717, 1.165) is 105 Å². The summed E-state index contributed by atoms with van der Waals surface area (Å²) >= 11 is 0. The average molecular weight is 719 g/mol. The first-order valence-corrected chi connectivity index (χ1v) is 18.5. The Balaban J connectivity index is 1.11. The lowest BCUT2D eigenvalue weighted by atomic mass is 9.93. The van der Waals surface area contributed by atoms with Crippen LogP contribution in [0.4, 0.5) is 0 Å². The number of hydrogen-bond acceptors (Lipinski definition) is 6. The smallest absolute Gasteiger partial charge is 0.160 e. The standard InChI is InChI=1S/C50H30N4O2/c1-2-8-31(9-3-1)44-29-45(54-50(53-44)33-16-14-32(15-17-33)43-22-23-51-30-52-43)38-25-36(34-18-20-48-41(27-34)39-10-4-6-12-46(39)55-48)24-37(26-38)35-19-21-49-42(28-35)40-11-5-7-13-47(40)56-49/h1-30H. The van der Waals surface area contributed by atoms with E-state index in [1.54, 1.807) is 12.5 Å². The molecule has 0 aliphatic heterocycles. The molecule has 0 atom stereocenters. The second kappa shape index (κ2) is 13.0. The van der Waals surface area contributed by atoms with E-state index in [0.29, 0.717) is 5.82 Å². The normalized spacial score (nSPS) is 11.6. The van der Waals surface area contributed by atoms with Crippen molar-refractivity contribution in [3.05, 3.63) is 182 Å². The Morgan fingerprint density at radius 3 is 1.43 bits per heavy atom. The van der Waals surface area contributed by atoms with Crippen LogP contribution < -0.4 is 0 Å². The zero-order chi connectivity index (χ0) is 37.0. The predicted molar refractivity (Wildman–Crippen MR) is 225 cm³/mol. The molecular weight excluding hydrogens is 689 g/mol. The fourth-order valence-electron chi connectivity index (χ4n) is 7.65. The van der Waals surface area contributed by atoms with Crippen LogP contribution in [0.25, 0.3) is 111 Å². The fraction of sp³-hybridized carbons (Fsp3) is 0. The van der Waals surface area contributed by atoms with Gasteiger partial charge in [-0.3, -0.25) is 0 Å². The quantitative estimate of drug-likeness (QED) is 0.170. The van der Waals surface area contributed by atoms with Crippen molar-refractivity contribution in [2.24, 2.45) is 0 Å². The maximum Gasteiger partial charge on any atom is 0.160 e. The lowest BCUT2D eigenvalue weighted by Crippen LogP contribution is -1.97. The fourth-order valence-corrected chi connectivity index (χ4v) is 7.65. The molecule has 0 saturated carbocycles. The highest BCUT2D eigenvalue weighted by molar-refractivity contribution is 6.07. The van der Waals surface area contributed by atoms with E-state index in [9.17, 15) is 0 Å². The van der Waals surface area contributed by atoms with Crippen molar-refractivity contribution in [3.63, 3.8) is 0 Å². The number of aromatic nitrogens is 4. The van der Waals surface area contributed by atoms with E-state index in [2.05, 4.69) is 131 Å². The summed E-state index contributed by atoms with van der Waals surface area (Å²) in [5.74, 6) is 0.639. The Kier molecular flexibility index (Phi) is 7.38. The van der Waals surface area contributed by atoms with Gasteiger partial charge in [-0.1, -0.05) is 103 Å². The molecule has 0 saturated heterocycles. The van der Waals surface area contributed by atoms with Gasteiger partial charge in [0, 0.05) is 50.0 Å². The summed E-state index contributed by atoms with van der Waals surface area (Å²) in [6.07, 6.45) is 3.32. The predicted octanol–water partition coefficient (Wildman–Crippen LogP) is 13.1. The van der Waals surface area contributed by atoms with E-state index in [-0.39, 0.29) is 0 Å². The molecule has 6 heteroatoms. The van der Waals surface area contributed by atoms with Gasteiger partial charge in [0.2, 0.25) is 0 Å². The van der Waals surface area contributed by atoms with Gasteiger partial charge in [0.1, 0.15) is 28.7 Å². The van der Waals surface area contributed by atoms with E-state index < -0.39 is 0 Å². The number of nitrogens with zero attached hydrogens (tertiary/aromatic N) is 4. The Morgan fingerprint density at radius 2 is 0.821 bits per heavy atom. The highest BCUT2D eigenvalue weighted by Crippen LogP contribution is 2.39. The van der Waals surface area contributed by atoms with Gasteiger partial charge < -0.3 is 8.83 Å². The largest absolute Gasteiger partial charge is 0.456 e. The number of fused-ring (bicyclic) bond motifs is 6. The Bertz CT molecular complexity index is 3110. The molecule has 0 bridgehead atoms. The van der Waals surface area contributed by atoms with Gasteiger partial charge in [0.05, 0.1) is 17.1 Å². The molecule has 0 N–H and O–H groups in total.